The Kier molecular flexibility index (Phi) is 5.69. The molecule has 8 heteroatoms. The molecule has 0 spiro atoms. The zero-order chi connectivity index (χ0) is 17.1. The quantitative estimate of drug-likeness (QED) is 0.744. The van der Waals surface area contributed by atoms with Gasteiger partial charge in [0.15, 0.2) is 0 Å². The van der Waals surface area contributed by atoms with Gasteiger partial charge in [-0.15, -0.1) is 11.3 Å². The number of rotatable bonds is 7. The highest BCUT2D eigenvalue weighted by Gasteiger charge is 2.35. The molecular weight excluding hydrogens is 321 g/mol. The van der Waals surface area contributed by atoms with Gasteiger partial charge in [0.1, 0.15) is 6.04 Å². The Morgan fingerprint density at radius 3 is 2.57 bits per heavy atom. The van der Waals surface area contributed by atoms with Crippen LogP contribution in [0.5, 0.6) is 0 Å². The first-order valence-corrected chi connectivity index (χ1v) is 8.50. The second-order valence-electron chi connectivity index (χ2n) is 6.15. The fourth-order valence-corrected chi connectivity index (χ4v) is 3.09. The molecule has 0 saturated heterocycles. The molecule has 0 bridgehead atoms. The van der Waals surface area contributed by atoms with E-state index in [4.69, 9.17) is 0 Å². The van der Waals surface area contributed by atoms with Crippen molar-refractivity contribution in [3.05, 3.63) is 16.1 Å². The van der Waals surface area contributed by atoms with E-state index in [0.717, 1.165) is 22.7 Å². The number of aliphatic hydroxyl groups is 1. The van der Waals surface area contributed by atoms with Crippen molar-refractivity contribution in [2.24, 2.45) is 0 Å². The summed E-state index contributed by atoms with van der Waals surface area (Å²) in [6.45, 7) is 5.73. The van der Waals surface area contributed by atoms with Crippen LogP contribution < -0.4 is 5.32 Å². The molecule has 1 aromatic heterocycles. The molecule has 1 saturated carbocycles. The standard InChI is InChI=1S/C15H22FN3O3S/c1-8(2)14-17-6-11(23-14)7-19(10-4-5-10)15(22)18-12(9(3)20)13(16)21/h6,8-10,12,20H,4-5,7H2,1-3H3,(H,18,22). The van der Waals surface area contributed by atoms with Gasteiger partial charge in [-0.05, 0) is 19.8 Å². The Morgan fingerprint density at radius 1 is 1.48 bits per heavy atom. The van der Waals surface area contributed by atoms with Crippen molar-refractivity contribution in [2.75, 3.05) is 0 Å². The van der Waals surface area contributed by atoms with Crippen LogP contribution in [-0.4, -0.2) is 45.2 Å². The zero-order valence-corrected chi connectivity index (χ0v) is 14.3. The van der Waals surface area contributed by atoms with Crippen molar-refractivity contribution in [1.29, 1.82) is 0 Å². The van der Waals surface area contributed by atoms with E-state index in [1.165, 1.54) is 6.92 Å². The van der Waals surface area contributed by atoms with Crippen LogP contribution in [0.2, 0.25) is 0 Å². The van der Waals surface area contributed by atoms with Gasteiger partial charge in [-0.3, -0.25) is 4.79 Å². The lowest BCUT2D eigenvalue weighted by Gasteiger charge is -2.25. The molecule has 2 unspecified atom stereocenters. The molecule has 1 fully saturated rings. The monoisotopic (exact) mass is 343 g/mol. The first-order valence-electron chi connectivity index (χ1n) is 7.68. The van der Waals surface area contributed by atoms with Crippen LogP contribution in [0.15, 0.2) is 6.20 Å². The third-order valence-corrected chi connectivity index (χ3v) is 4.93. The molecule has 2 atom stereocenters. The van der Waals surface area contributed by atoms with Gasteiger partial charge in [0.05, 0.1) is 17.7 Å². The van der Waals surface area contributed by atoms with Crippen LogP contribution in [-0.2, 0) is 11.3 Å². The van der Waals surface area contributed by atoms with Crippen LogP contribution in [0.3, 0.4) is 0 Å². The molecule has 0 aromatic carbocycles. The van der Waals surface area contributed by atoms with Crippen LogP contribution in [0, 0.1) is 0 Å². The van der Waals surface area contributed by atoms with Crippen molar-refractivity contribution in [2.45, 2.75) is 64.3 Å². The van der Waals surface area contributed by atoms with Gasteiger partial charge in [-0.25, -0.2) is 9.78 Å². The van der Waals surface area contributed by atoms with E-state index >= 15 is 0 Å². The van der Waals surface area contributed by atoms with E-state index in [-0.39, 0.29) is 6.04 Å². The predicted molar refractivity (Wildman–Crippen MR) is 84.9 cm³/mol. The molecule has 1 aliphatic carbocycles. The Hall–Kier alpha value is -1.54. The molecule has 2 amide bonds. The van der Waals surface area contributed by atoms with Crippen LogP contribution in [0.25, 0.3) is 0 Å². The first-order chi connectivity index (χ1) is 10.8. The fourth-order valence-electron chi connectivity index (χ4n) is 2.17. The number of carbonyl (C=O) groups is 2. The number of thiazole rings is 1. The summed E-state index contributed by atoms with van der Waals surface area (Å²) in [5.74, 6) is 0.320. The molecule has 1 aliphatic rings. The van der Waals surface area contributed by atoms with E-state index in [2.05, 4.69) is 10.3 Å². The smallest absolute Gasteiger partial charge is 0.326 e. The predicted octanol–water partition coefficient (Wildman–Crippen LogP) is 2.19. The molecular formula is C15H22FN3O3S. The maximum absolute atomic E-state index is 12.9. The number of aliphatic hydroxyl groups excluding tert-OH is 1. The molecule has 0 radical (unpaired) electrons. The summed E-state index contributed by atoms with van der Waals surface area (Å²) >= 11 is 1.54. The second-order valence-corrected chi connectivity index (χ2v) is 7.30. The van der Waals surface area contributed by atoms with Crippen LogP contribution in [0.1, 0.15) is 49.4 Å². The average molecular weight is 343 g/mol. The van der Waals surface area contributed by atoms with Gasteiger partial charge in [0, 0.05) is 23.0 Å². The van der Waals surface area contributed by atoms with Gasteiger partial charge in [-0.2, -0.15) is 4.39 Å². The van der Waals surface area contributed by atoms with Gasteiger partial charge in [0.2, 0.25) is 0 Å². The maximum atomic E-state index is 12.9. The zero-order valence-electron chi connectivity index (χ0n) is 13.5. The number of aromatic nitrogens is 1. The largest absolute Gasteiger partial charge is 0.391 e. The average Bonchev–Trinajstić information content (AvgIpc) is 3.19. The molecule has 0 aliphatic heterocycles. The lowest BCUT2D eigenvalue weighted by atomic mass is 10.2. The first kappa shape index (κ1) is 17.8. The number of amides is 2. The molecule has 2 rings (SSSR count). The third-order valence-electron chi connectivity index (χ3n) is 3.65. The third kappa shape index (κ3) is 4.71. The minimum Gasteiger partial charge on any atom is -0.391 e. The van der Waals surface area contributed by atoms with E-state index in [1.54, 1.807) is 22.4 Å². The second kappa shape index (κ2) is 7.35. The summed E-state index contributed by atoms with van der Waals surface area (Å²) in [5.41, 5.74) is 0. The van der Waals surface area contributed by atoms with Crippen molar-refractivity contribution < 1.29 is 19.1 Å². The number of urea groups is 1. The molecule has 1 aromatic rings. The summed E-state index contributed by atoms with van der Waals surface area (Å²) in [7, 11) is 0. The lowest BCUT2D eigenvalue weighted by Crippen LogP contribution is -2.51. The maximum Gasteiger partial charge on any atom is 0.326 e. The lowest BCUT2D eigenvalue weighted by molar-refractivity contribution is -0.133. The van der Waals surface area contributed by atoms with Crippen LogP contribution >= 0.6 is 11.3 Å². The van der Waals surface area contributed by atoms with E-state index < -0.39 is 24.2 Å². The van der Waals surface area contributed by atoms with Crippen molar-refractivity contribution in [3.8, 4) is 0 Å². The van der Waals surface area contributed by atoms with Gasteiger partial charge >= 0.3 is 12.1 Å². The summed E-state index contributed by atoms with van der Waals surface area (Å²) in [4.78, 5) is 30.1. The Morgan fingerprint density at radius 2 is 2.13 bits per heavy atom. The number of halogens is 1. The molecule has 6 nitrogen and oxygen atoms in total. The molecule has 128 valence electrons. The normalized spacial score (nSPS) is 17.0. The highest BCUT2D eigenvalue weighted by molar-refractivity contribution is 7.11. The van der Waals surface area contributed by atoms with Crippen molar-refractivity contribution >= 4 is 23.4 Å². The SMILES string of the molecule is CC(C)c1ncc(CN(C(=O)NC(C(=O)F)C(C)O)C2CC2)s1. The topological polar surface area (TPSA) is 82.5 Å². The van der Waals surface area contributed by atoms with E-state index in [0.29, 0.717) is 12.5 Å². The number of nitrogens with one attached hydrogen (secondary N) is 1. The molecule has 1 heterocycles. The minimum absolute atomic E-state index is 0.0870. The Labute approximate surface area is 138 Å². The van der Waals surface area contributed by atoms with Crippen molar-refractivity contribution in [1.82, 2.24) is 15.2 Å². The highest BCUT2D eigenvalue weighted by atomic mass is 32.1. The Bertz CT molecular complexity index is 572. The molecule has 2 N–H and O–H groups in total. The Balaban J connectivity index is 2.05. The van der Waals surface area contributed by atoms with E-state index in [1.807, 2.05) is 13.8 Å². The molecule has 23 heavy (non-hydrogen) atoms. The number of hydrogen-bond acceptors (Lipinski definition) is 5. The van der Waals surface area contributed by atoms with Gasteiger partial charge in [-0.1, -0.05) is 13.8 Å². The van der Waals surface area contributed by atoms with E-state index in [9.17, 15) is 19.1 Å². The number of carbonyl (C=O) groups excluding carboxylic acids is 2. The summed E-state index contributed by atoms with van der Waals surface area (Å²) in [5, 5.41) is 12.7. The van der Waals surface area contributed by atoms with Gasteiger partial charge < -0.3 is 15.3 Å². The summed E-state index contributed by atoms with van der Waals surface area (Å²) in [6.07, 6.45) is 2.22. The summed E-state index contributed by atoms with van der Waals surface area (Å²) < 4.78 is 12.9. The number of hydrogen-bond donors (Lipinski definition) is 2. The highest BCUT2D eigenvalue weighted by Crippen LogP contribution is 2.30. The minimum atomic E-state index is -1.75. The van der Waals surface area contributed by atoms with Gasteiger partial charge in [0.25, 0.3) is 0 Å². The summed E-state index contributed by atoms with van der Waals surface area (Å²) in [6, 6.07) is -3.73. The number of nitrogens with zero attached hydrogens (tertiary/aromatic N) is 2. The van der Waals surface area contributed by atoms with Crippen molar-refractivity contribution in [3.63, 3.8) is 0 Å². The fraction of sp³-hybridized carbons (Fsp3) is 0.667. The van der Waals surface area contributed by atoms with Crippen LogP contribution in [0.4, 0.5) is 9.18 Å².